The Labute approximate surface area is 110 Å². The first-order valence-electron chi connectivity index (χ1n) is 6.18. The molecule has 18 heavy (non-hydrogen) atoms. The van der Waals surface area contributed by atoms with Crippen molar-refractivity contribution in [3.8, 4) is 0 Å². The Kier molecular flexibility index (Phi) is 4.52. The molecule has 100 valence electrons. The van der Waals surface area contributed by atoms with Crippen LogP contribution in [0.2, 0.25) is 0 Å². The van der Waals surface area contributed by atoms with Gasteiger partial charge < -0.3 is 10.1 Å². The molecule has 1 amide bonds. The monoisotopic (exact) mass is 249 g/mol. The molecule has 1 N–H and O–H groups in total. The maximum atomic E-state index is 12.3. The fourth-order valence-corrected chi connectivity index (χ4v) is 2.04. The van der Waals surface area contributed by atoms with Crippen LogP contribution in [0.1, 0.15) is 34.1 Å². The lowest BCUT2D eigenvalue weighted by atomic mass is 9.81. The number of carbonyl (C=O) groups is 1. The summed E-state index contributed by atoms with van der Waals surface area (Å²) >= 11 is 0. The number of methoxy groups -OCH3 is 1. The molecule has 1 rings (SSSR count). The quantitative estimate of drug-likeness (QED) is 0.867. The van der Waals surface area contributed by atoms with Crippen LogP contribution < -0.4 is 5.32 Å². The standard InChI is InChI=1S/C15H23NO2/c1-14(2,11-15(3,4)18-5)13(17)16-12-9-7-6-8-10-12/h6-10H,11H2,1-5H3,(H,16,17). The molecule has 0 bridgehead atoms. The highest BCUT2D eigenvalue weighted by molar-refractivity contribution is 5.94. The molecule has 0 aliphatic carbocycles. The van der Waals surface area contributed by atoms with Crippen LogP contribution in [0.4, 0.5) is 5.69 Å². The lowest BCUT2D eigenvalue weighted by molar-refractivity contribution is -0.127. The minimum Gasteiger partial charge on any atom is -0.379 e. The largest absolute Gasteiger partial charge is 0.379 e. The first kappa shape index (κ1) is 14.7. The lowest BCUT2D eigenvalue weighted by Gasteiger charge is -2.32. The highest BCUT2D eigenvalue weighted by atomic mass is 16.5. The van der Waals surface area contributed by atoms with E-state index in [1.807, 2.05) is 58.0 Å². The molecule has 0 aliphatic heterocycles. The molecular formula is C15H23NO2. The van der Waals surface area contributed by atoms with Crippen molar-refractivity contribution < 1.29 is 9.53 Å². The predicted molar refractivity (Wildman–Crippen MR) is 74.6 cm³/mol. The van der Waals surface area contributed by atoms with Crippen molar-refractivity contribution >= 4 is 11.6 Å². The number of para-hydroxylation sites is 1. The minimum atomic E-state index is -0.477. The number of benzene rings is 1. The van der Waals surface area contributed by atoms with E-state index in [1.165, 1.54) is 0 Å². The van der Waals surface area contributed by atoms with E-state index in [0.717, 1.165) is 5.69 Å². The molecule has 0 fully saturated rings. The summed E-state index contributed by atoms with van der Waals surface area (Å²) in [5.41, 5.74) is 0.0400. The Morgan fingerprint density at radius 1 is 1.17 bits per heavy atom. The Morgan fingerprint density at radius 2 is 1.72 bits per heavy atom. The molecular weight excluding hydrogens is 226 g/mol. The third-order valence-corrected chi connectivity index (χ3v) is 3.07. The van der Waals surface area contributed by atoms with Gasteiger partial charge in [0, 0.05) is 18.2 Å². The van der Waals surface area contributed by atoms with Gasteiger partial charge in [0.1, 0.15) is 0 Å². The second kappa shape index (κ2) is 5.53. The molecule has 0 unspecified atom stereocenters. The normalized spacial score (nSPS) is 12.3. The van der Waals surface area contributed by atoms with E-state index in [-0.39, 0.29) is 11.5 Å². The van der Waals surface area contributed by atoms with Gasteiger partial charge in [-0.1, -0.05) is 32.0 Å². The molecule has 0 aromatic heterocycles. The van der Waals surface area contributed by atoms with Crippen LogP contribution in [0.5, 0.6) is 0 Å². The van der Waals surface area contributed by atoms with Crippen LogP contribution in [0, 0.1) is 5.41 Å². The van der Waals surface area contributed by atoms with Gasteiger partial charge in [0.2, 0.25) is 5.91 Å². The highest BCUT2D eigenvalue weighted by Crippen LogP contribution is 2.31. The maximum Gasteiger partial charge on any atom is 0.230 e. The van der Waals surface area contributed by atoms with Crippen molar-refractivity contribution in [1.82, 2.24) is 0 Å². The van der Waals surface area contributed by atoms with E-state index in [2.05, 4.69) is 5.32 Å². The minimum absolute atomic E-state index is 0.0128. The van der Waals surface area contributed by atoms with Gasteiger partial charge in [-0.25, -0.2) is 0 Å². The van der Waals surface area contributed by atoms with Gasteiger partial charge in [-0.3, -0.25) is 4.79 Å². The zero-order chi connectivity index (χ0) is 13.8. The van der Waals surface area contributed by atoms with Crippen molar-refractivity contribution in [2.24, 2.45) is 5.41 Å². The van der Waals surface area contributed by atoms with Crippen molar-refractivity contribution in [3.05, 3.63) is 30.3 Å². The average Bonchev–Trinajstić information content (AvgIpc) is 2.29. The molecule has 0 saturated heterocycles. The Bertz CT molecular complexity index is 396. The van der Waals surface area contributed by atoms with Crippen molar-refractivity contribution in [3.63, 3.8) is 0 Å². The van der Waals surface area contributed by atoms with Crippen LogP contribution in [-0.2, 0) is 9.53 Å². The smallest absolute Gasteiger partial charge is 0.230 e. The zero-order valence-electron chi connectivity index (χ0n) is 11.9. The van der Waals surface area contributed by atoms with Crippen LogP contribution in [0.3, 0.4) is 0 Å². The molecule has 1 aromatic rings. The molecule has 0 atom stereocenters. The summed E-state index contributed by atoms with van der Waals surface area (Å²) in [6, 6.07) is 9.50. The van der Waals surface area contributed by atoms with E-state index >= 15 is 0 Å². The number of hydrogen-bond donors (Lipinski definition) is 1. The lowest BCUT2D eigenvalue weighted by Crippen LogP contribution is -2.38. The molecule has 0 saturated carbocycles. The van der Waals surface area contributed by atoms with E-state index in [9.17, 15) is 4.79 Å². The van der Waals surface area contributed by atoms with Gasteiger partial charge in [0.05, 0.1) is 5.60 Å². The number of hydrogen-bond acceptors (Lipinski definition) is 2. The molecule has 0 spiro atoms. The fraction of sp³-hybridized carbons (Fsp3) is 0.533. The van der Waals surface area contributed by atoms with Crippen molar-refractivity contribution in [2.45, 2.75) is 39.7 Å². The number of rotatable bonds is 5. The van der Waals surface area contributed by atoms with E-state index in [0.29, 0.717) is 6.42 Å². The van der Waals surface area contributed by atoms with Crippen molar-refractivity contribution in [2.75, 3.05) is 12.4 Å². The maximum absolute atomic E-state index is 12.3. The number of carbonyl (C=O) groups excluding carboxylic acids is 1. The molecule has 0 aliphatic rings. The van der Waals surface area contributed by atoms with Gasteiger partial charge in [0.15, 0.2) is 0 Å². The van der Waals surface area contributed by atoms with Gasteiger partial charge in [-0.2, -0.15) is 0 Å². The second-order valence-electron chi connectivity index (χ2n) is 5.84. The second-order valence-corrected chi connectivity index (χ2v) is 5.84. The summed E-state index contributed by atoms with van der Waals surface area (Å²) in [4.78, 5) is 12.3. The fourth-order valence-electron chi connectivity index (χ4n) is 2.04. The molecule has 1 aromatic carbocycles. The summed E-state index contributed by atoms with van der Waals surface area (Å²) in [6.45, 7) is 7.85. The van der Waals surface area contributed by atoms with E-state index < -0.39 is 5.41 Å². The highest BCUT2D eigenvalue weighted by Gasteiger charge is 2.34. The van der Waals surface area contributed by atoms with Gasteiger partial charge in [-0.05, 0) is 32.4 Å². The van der Waals surface area contributed by atoms with Gasteiger partial charge in [-0.15, -0.1) is 0 Å². The number of amides is 1. The van der Waals surface area contributed by atoms with Crippen LogP contribution in [0.25, 0.3) is 0 Å². The zero-order valence-corrected chi connectivity index (χ0v) is 11.9. The first-order valence-corrected chi connectivity index (χ1v) is 6.18. The van der Waals surface area contributed by atoms with Crippen LogP contribution in [-0.4, -0.2) is 18.6 Å². The molecule has 3 nitrogen and oxygen atoms in total. The molecule has 3 heteroatoms. The molecule has 0 heterocycles. The third kappa shape index (κ3) is 4.15. The summed E-state index contributed by atoms with van der Waals surface area (Å²) in [7, 11) is 1.67. The molecule has 0 radical (unpaired) electrons. The Morgan fingerprint density at radius 3 is 2.22 bits per heavy atom. The topological polar surface area (TPSA) is 38.3 Å². The summed E-state index contributed by atoms with van der Waals surface area (Å²) in [6.07, 6.45) is 0.662. The third-order valence-electron chi connectivity index (χ3n) is 3.07. The van der Waals surface area contributed by atoms with Crippen LogP contribution in [0.15, 0.2) is 30.3 Å². The van der Waals surface area contributed by atoms with Gasteiger partial charge >= 0.3 is 0 Å². The Hall–Kier alpha value is -1.35. The predicted octanol–water partition coefficient (Wildman–Crippen LogP) is 3.47. The van der Waals surface area contributed by atoms with Gasteiger partial charge in [0.25, 0.3) is 0 Å². The summed E-state index contributed by atoms with van der Waals surface area (Å²) < 4.78 is 5.39. The summed E-state index contributed by atoms with van der Waals surface area (Å²) in [5.74, 6) is 0.0128. The number of nitrogens with one attached hydrogen (secondary N) is 1. The van der Waals surface area contributed by atoms with E-state index in [1.54, 1.807) is 7.11 Å². The summed E-state index contributed by atoms with van der Waals surface area (Å²) in [5, 5.41) is 2.93. The number of ether oxygens (including phenoxy) is 1. The first-order chi connectivity index (χ1) is 8.27. The van der Waals surface area contributed by atoms with Crippen LogP contribution >= 0.6 is 0 Å². The number of anilines is 1. The average molecular weight is 249 g/mol. The Balaban J connectivity index is 2.71. The van der Waals surface area contributed by atoms with E-state index in [4.69, 9.17) is 4.74 Å². The SMILES string of the molecule is COC(C)(C)CC(C)(C)C(=O)Nc1ccccc1. The van der Waals surface area contributed by atoms with Crippen molar-refractivity contribution in [1.29, 1.82) is 0 Å².